The number of carbonyl (C=O) groups is 1. The predicted octanol–water partition coefficient (Wildman–Crippen LogP) is 3.48. The minimum atomic E-state index is -0.737. The highest BCUT2D eigenvalue weighted by molar-refractivity contribution is 6.12. The number of hydrogen-bond donors (Lipinski definition) is 1. The Morgan fingerprint density at radius 2 is 1.93 bits per heavy atom. The van der Waals surface area contributed by atoms with Gasteiger partial charge < -0.3 is 10.0 Å². The topological polar surface area (TPSA) is 52.9 Å². The van der Waals surface area contributed by atoms with E-state index >= 15 is 0 Å². The van der Waals surface area contributed by atoms with E-state index in [0.29, 0.717) is 13.0 Å². The number of carbonyl (C=O) groups excluding carboxylic acids is 1. The summed E-state index contributed by atoms with van der Waals surface area (Å²) in [4.78, 5) is 18.9. The second-order valence-electron chi connectivity index (χ2n) is 7.42. The van der Waals surface area contributed by atoms with Gasteiger partial charge in [0.2, 0.25) is 5.91 Å². The molecule has 4 rings (SSSR count). The fourth-order valence-electron chi connectivity index (χ4n) is 4.34. The second kappa shape index (κ2) is 7.87. The smallest absolute Gasteiger partial charge is 0.228 e. The Balaban J connectivity index is 1.69. The van der Waals surface area contributed by atoms with Gasteiger partial charge in [0.25, 0.3) is 0 Å². The molecule has 150 valence electrons. The molecule has 0 saturated heterocycles. The lowest BCUT2D eigenvalue weighted by atomic mass is 9.83. The number of halogens is 2. The Morgan fingerprint density at radius 3 is 2.59 bits per heavy atom. The maximum Gasteiger partial charge on any atom is 0.228 e. The summed E-state index contributed by atoms with van der Waals surface area (Å²) < 4.78 is 28.1. The van der Waals surface area contributed by atoms with E-state index in [4.69, 9.17) is 0 Å². The molecule has 2 aliphatic heterocycles. The van der Waals surface area contributed by atoms with Crippen LogP contribution in [0.4, 0.5) is 8.78 Å². The molecule has 2 aromatic rings. The summed E-state index contributed by atoms with van der Waals surface area (Å²) in [5, 5.41) is 10.0. The molecule has 2 aromatic carbocycles. The summed E-state index contributed by atoms with van der Waals surface area (Å²) in [6, 6.07) is 8.72. The summed E-state index contributed by atoms with van der Waals surface area (Å²) in [5.74, 6) is -1.88. The Morgan fingerprint density at radius 1 is 1.21 bits per heavy atom. The van der Waals surface area contributed by atoms with Crippen LogP contribution in [-0.2, 0) is 17.6 Å². The van der Waals surface area contributed by atoms with Gasteiger partial charge in [-0.05, 0) is 47.7 Å². The van der Waals surface area contributed by atoms with Crippen LogP contribution >= 0.6 is 0 Å². The van der Waals surface area contributed by atoms with Crippen molar-refractivity contribution >= 4 is 17.7 Å². The van der Waals surface area contributed by atoms with Crippen molar-refractivity contribution in [3.8, 4) is 0 Å². The van der Waals surface area contributed by atoms with Crippen molar-refractivity contribution < 1.29 is 18.7 Å². The second-order valence-corrected chi connectivity index (χ2v) is 7.42. The lowest BCUT2D eigenvalue weighted by molar-refractivity contribution is -0.137. The van der Waals surface area contributed by atoms with Crippen LogP contribution in [0.25, 0.3) is 5.57 Å². The van der Waals surface area contributed by atoms with Gasteiger partial charge >= 0.3 is 0 Å². The molecule has 0 spiro atoms. The first-order valence-electron chi connectivity index (χ1n) is 9.68. The van der Waals surface area contributed by atoms with Crippen LogP contribution in [0.1, 0.15) is 35.2 Å². The van der Waals surface area contributed by atoms with Crippen LogP contribution in [0.3, 0.4) is 0 Å². The van der Waals surface area contributed by atoms with Crippen LogP contribution in [0.5, 0.6) is 0 Å². The molecular formula is C23H22F2N2O2. The number of hydrogen-bond acceptors (Lipinski definition) is 3. The number of aliphatic imine (C=N–C) groups is 1. The molecule has 29 heavy (non-hydrogen) atoms. The Labute approximate surface area is 168 Å². The molecule has 0 unspecified atom stereocenters. The molecule has 0 radical (unpaired) electrons. The van der Waals surface area contributed by atoms with Gasteiger partial charge in [-0.3, -0.25) is 9.79 Å². The first-order chi connectivity index (χ1) is 14.0. The number of aliphatic hydroxyl groups is 1. The highest BCUT2D eigenvalue weighted by atomic mass is 19.1. The lowest BCUT2D eigenvalue weighted by Gasteiger charge is -2.42. The van der Waals surface area contributed by atoms with E-state index in [1.807, 2.05) is 37.4 Å². The summed E-state index contributed by atoms with van der Waals surface area (Å²) in [7, 11) is 0. The Kier molecular flexibility index (Phi) is 5.28. The van der Waals surface area contributed by atoms with Crippen LogP contribution < -0.4 is 0 Å². The van der Waals surface area contributed by atoms with Crippen LogP contribution in [0.2, 0.25) is 0 Å². The molecule has 0 fully saturated rings. The summed E-state index contributed by atoms with van der Waals surface area (Å²) in [5.41, 5.74) is 3.92. The minimum Gasteiger partial charge on any atom is -0.394 e. The molecule has 2 aliphatic rings. The zero-order valence-corrected chi connectivity index (χ0v) is 16.1. The maximum atomic E-state index is 14.0. The molecule has 1 amide bonds. The lowest BCUT2D eigenvalue weighted by Crippen LogP contribution is -2.49. The summed E-state index contributed by atoms with van der Waals surface area (Å²) in [6.07, 6.45) is 3.98. The third-order valence-corrected chi connectivity index (χ3v) is 5.76. The first kappa shape index (κ1) is 19.5. The molecule has 4 nitrogen and oxygen atoms in total. The molecule has 6 heteroatoms. The van der Waals surface area contributed by atoms with Crippen LogP contribution in [0, 0.1) is 11.6 Å². The molecule has 0 bridgehead atoms. The van der Waals surface area contributed by atoms with Gasteiger partial charge in [-0.2, -0.15) is 0 Å². The van der Waals surface area contributed by atoms with E-state index < -0.39 is 23.6 Å². The van der Waals surface area contributed by atoms with E-state index in [1.165, 1.54) is 6.07 Å². The predicted molar refractivity (Wildman–Crippen MR) is 108 cm³/mol. The van der Waals surface area contributed by atoms with Crippen LogP contribution in [-0.4, -0.2) is 41.3 Å². The van der Waals surface area contributed by atoms with Gasteiger partial charge in [-0.1, -0.05) is 30.3 Å². The van der Waals surface area contributed by atoms with Gasteiger partial charge in [-0.25, -0.2) is 8.78 Å². The minimum absolute atomic E-state index is 0.225. The standard InChI is InChI=1S/C23H22F2N2O2/c1-14-17-4-2-5-18(15-8-9-26-12-15)19(17)10-16(13-28)27(14)23(29)11-20-21(24)6-3-7-22(20)25/h2-8,12,14,16,28H,9-11,13H2,1H3/t14-,16+/m0/s1. The molecule has 1 N–H and O–H groups in total. The zero-order chi connectivity index (χ0) is 20.5. The quantitative estimate of drug-likeness (QED) is 0.860. The third kappa shape index (κ3) is 3.49. The molecule has 2 heterocycles. The summed E-state index contributed by atoms with van der Waals surface area (Å²) >= 11 is 0. The average molecular weight is 396 g/mol. The summed E-state index contributed by atoms with van der Waals surface area (Å²) in [6.45, 7) is 2.31. The largest absolute Gasteiger partial charge is 0.394 e. The van der Waals surface area contributed by atoms with Crippen molar-refractivity contribution in [2.45, 2.75) is 31.8 Å². The Bertz CT molecular complexity index is 996. The van der Waals surface area contributed by atoms with E-state index in [-0.39, 0.29) is 24.6 Å². The number of benzene rings is 2. The van der Waals surface area contributed by atoms with Crippen molar-refractivity contribution in [1.29, 1.82) is 0 Å². The normalized spacial score (nSPS) is 20.6. The van der Waals surface area contributed by atoms with Crippen molar-refractivity contribution in [2.24, 2.45) is 4.99 Å². The zero-order valence-electron chi connectivity index (χ0n) is 16.1. The van der Waals surface area contributed by atoms with Crippen molar-refractivity contribution in [1.82, 2.24) is 4.90 Å². The van der Waals surface area contributed by atoms with Crippen LogP contribution in [0.15, 0.2) is 47.5 Å². The molecular weight excluding hydrogens is 374 g/mol. The SMILES string of the molecule is C[C@H]1c2cccc(C3=CCN=C3)c2C[C@H](CO)N1C(=O)Cc1c(F)cccc1F. The molecule has 2 atom stereocenters. The van der Waals surface area contributed by atoms with Gasteiger partial charge in [0.05, 0.1) is 31.7 Å². The van der Waals surface area contributed by atoms with Gasteiger partial charge in [0.15, 0.2) is 0 Å². The van der Waals surface area contributed by atoms with Crippen molar-refractivity contribution in [3.63, 3.8) is 0 Å². The molecule has 0 aromatic heterocycles. The van der Waals surface area contributed by atoms with Gasteiger partial charge in [0.1, 0.15) is 11.6 Å². The first-order valence-corrected chi connectivity index (χ1v) is 9.68. The number of fused-ring (bicyclic) bond motifs is 1. The van der Waals surface area contributed by atoms with E-state index in [2.05, 4.69) is 4.99 Å². The average Bonchev–Trinajstić information content (AvgIpc) is 3.24. The van der Waals surface area contributed by atoms with Gasteiger partial charge in [-0.15, -0.1) is 0 Å². The fourth-order valence-corrected chi connectivity index (χ4v) is 4.34. The van der Waals surface area contributed by atoms with E-state index in [1.54, 1.807) is 4.90 Å². The van der Waals surface area contributed by atoms with Crippen molar-refractivity contribution in [3.05, 3.63) is 76.4 Å². The third-order valence-electron chi connectivity index (χ3n) is 5.76. The molecule has 0 aliphatic carbocycles. The van der Waals surface area contributed by atoms with Crippen molar-refractivity contribution in [2.75, 3.05) is 13.2 Å². The number of rotatable bonds is 4. The fraction of sp³-hybridized carbons (Fsp3) is 0.304. The highest BCUT2D eigenvalue weighted by Crippen LogP contribution is 2.37. The maximum absolute atomic E-state index is 14.0. The number of aliphatic hydroxyl groups excluding tert-OH is 1. The number of nitrogens with zero attached hydrogens (tertiary/aromatic N) is 2. The monoisotopic (exact) mass is 396 g/mol. The number of amides is 1. The molecule has 0 saturated carbocycles. The van der Waals surface area contributed by atoms with E-state index in [9.17, 15) is 18.7 Å². The van der Waals surface area contributed by atoms with Gasteiger partial charge in [0, 0.05) is 11.8 Å². The Hall–Kier alpha value is -2.86. The highest BCUT2D eigenvalue weighted by Gasteiger charge is 2.36. The van der Waals surface area contributed by atoms with E-state index in [0.717, 1.165) is 34.4 Å². The number of allylic oxidation sites excluding steroid dienone is 1.